The van der Waals surface area contributed by atoms with Gasteiger partial charge < -0.3 is 24.9 Å². The molecule has 0 spiro atoms. The summed E-state index contributed by atoms with van der Waals surface area (Å²) in [6.07, 6.45) is 15.1. The van der Waals surface area contributed by atoms with E-state index in [0.717, 1.165) is 6.42 Å². The Labute approximate surface area is 165 Å². The Bertz CT molecular complexity index is 353. The van der Waals surface area contributed by atoms with Crippen LogP contribution in [0.5, 0.6) is 0 Å². The quantitative estimate of drug-likeness (QED) is 0.168. The molecule has 27 heavy (non-hydrogen) atoms. The first-order valence-corrected chi connectivity index (χ1v) is 12.2. The Morgan fingerprint density at radius 3 is 1.89 bits per heavy atom. The maximum Gasteiger partial charge on any atom is 0.469 e. The van der Waals surface area contributed by atoms with Crippen molar-refractivity contribution in [3.63, 3.8) is 0 Å². The second kappa shape index (κ2) is 19.3. The van der Waals surface area contributed by atoms with Crippen molar-refractivity contribution in [1.29, 1.82) is 0 Å². The van der Waals surface area contributed by atoms with Crippen molar-refractivity contribution in [1.82, 2.24) is 5.32 Å². The molecule has 0 bridgehead atoms. The zero-order valence-corrected chi connectivity index (χ0v) is 18.0. The fraction of sp³-hybridized carbons (Fsp3) is 1.00. The van der Waals surface area contributed by atoms with E-state index in [0.29, 0.717) is 13.2 Å². The number of rotatable bonds is 21. The molecule has 7 nitrogen and oxygen atoms in total. The highest BCUT2D eigenvalue weighted by molar-refractivity contribution is 7.46. The maximum atomic E-state index is 10.5. The van der Waals surface area contributed by atoms with Crippen LogP contribution in [0, 0.1) is 0 Å². The van der Waals surface area contributed by atoms with Gasteiger partial charge in [0.05, 0.1) is 19.3 Å². The standard InChI is InChI=1S/C19H42NO6P/c1-2-3-4-5-6-7-8-9-10-11-12-13-15-25-18-19(21)17-20-14-16-26-27(22,23)24/h19-21H,2-18H2,1H3,(H2,22,23,24). The van der Waals surface area contributed by atoms with Gasteiger partial charge in [0, 0.05) is 19.7 Å². The number of ether oxygens (including phenoxy) is 1. The van der Waals surface area contributed by atoms with Crippen molar-refractivity contribution < 1.29 is 28.7 Å². The molecular weight excluding hydrogens is 369 g/mol. The van der Waals surface area contributed by atoms with Crippen LogP contribution in [0.15, 0.2) is 0 Å². The molecule has 0 radical (unpaired) electrons. The van der Waals surface area contributed by atoms with Crippen LogP contribution in [-0.4, -0.2) is 53.9 Å². The molecule has 0 heterocycles. The summed E-state index contributed by atoms with van der Waals surface area (Å²) in [4.78, 5) is 17.0. The molecule has 8 heteroatoms. The van der Waals surface area contributed by atoms with Gasteiger partial charge in [0.1, 0.15) is 0 Å². The van der Waals surface area contributed by atoms with Crippen LogP contribution in [0.3, 0.4) is 0 Å². The zero-order valence-electron chi connectivity index (χ0n) is 17.1. The van der Waals surface area contributed by atoms with Crippen molar-refractivity contribution in [2.45, 2.75) is 90.1 Å². The summed E-state index contributed by atoms with van der Waals surface area (Å²) in [7, 11) is -4.40. The van der Waals surface area contributed by atoms with E-state index in [1.807, 2.05) is 0 Å². The molecule has 0 amide bonds. The molecule has 1 unspecified atom stereocenters. The number of hydrogen-bond donors (Lipinski definition) is 4. The van der Waals surface area contributed by atoms with Crippen LogP contribution in [-0.2, 0) is 13.8 Å². The predicted molar refractivity (Wildman–Crippen MR) is 109 cm³/mol. The molecule has 4 N–H and O–H groups in total. The fourth-order valence-electron chi connectivity index (χ4n) is 2.83. The Morgan fingerprint density at radius 2 is 1.37 bits per heavy atom. The summed E-state index contributed by atoms with van der Waals surface area (Å²) in [5.74, 6) is 0. The van der Waals surface area contributed by atoms with Crippen LogP contribution in [0.25, 0.3) is 0 Å². The summed E-state index contributed by atoms with van der Waals surface area (Å²) in [6.45, 7) is 3.66. The largest absolute Gasteiger partial charge is 0.469 e. The van der Waals surface area contributed by atoms with E-state index in [2.05, 4.69) is 16.8 Å². The van der Waals surface area contributed by atoms with Crippen LogP contribution in [0.1, 0.15) is 84.0 Å². The lowest BCUT2D eigenvalue weighted by atomic mass is 10.1. The van der Waals surface area contributed by atoms with Gasteiger partial charge in [0.25, 0.3) is 0 Å². The highest BCUT2D eigenvalue weighted by atomic mass is 31.2. The summed E-state index contributed by atoms with van der Waals surface area (Å²) in [5.41, 5.74) is 0. The first-order chi connectivity index (χ1) is 13.0. The van der Waals surface area contributed by atoms with E-state index in [1.165, 1.54) is 70.6 Å². The van der Waals surface area contributed by atoms with E-state index in [9.17, 15) is 9.67 Å². The van der Waals surface area contributed by atoms with Crippen LogP contribution in [0.4, 0.5) is 0 Å². The Balaban J connectivity index is 3.18. The van der Waals surface area contributed by atoms with Crippen molar-refractivity contribution >= 4 is 7.82 Å². The molecule has 0 saturated carbocycles. The number of nitrogens with one attached hydrogen (secondary N) is 1. The molecule has 0 aromatic rings. The van der Waals surface area contributed by atoms with E-state index in [1.54, 1.807) is 0 Å². The van der Waals surface area contributed by atoms with Crippen molar-refractivity contribution in [3.8, 4) is 0 Å². The summed E-state index contributed by atoms with van der Waals surface area (Å²) in [6, 6.07) is 0. The molecule has 0 aliphatic heterocycles. The monoisotopic (exact) mass is 411 g/mol. The number of aliphatic hydroxyl groups is 1. The smallest absolute Gasteiger partial charge is 0.389 e. The molecule has 0 aromatic carbocycles. The van der Waals surface area contributed by atoms with Gasteiger partial charge in [-0.25, -0.2) is 4.57 Å². The lowest BCUT2D eigenvalue weighted by Crippen LogP contribution is -2.32. The molecule has 0 fully saturated rings. The fourth-order valence-corrected chi connectivity index (χ4v) is 3.16. The summed E-state index contributed by atoms with van der Waals surface area (Å²) >= 11 is 0. The molecule has 0 aliphatic carbocycles. The van der Waals surface area contributed by atoms with Crippen LogP contribution < -0.4 is 5.32 Å². The third kappa shape index (κ3) is 24.0. The predicted octanol–water partition coefficient (Wildman–Crippen LogP) is 3.76. The number of phosphoric ester groups is 1. The molecule has 0 aliphatic rings. The minimum Gasteiger partial charge on any atom is -0.389 e. The van der Waals surface area contributed by atoms with Gasteiger partial charge in [-0.3, -0.25) is 4.52 Å². The highest BCUT2D eigenvalue weighted by Crippen LogP contribution is 2.35. The average Bonchev–Trinajstić information content (AvgIpc) is 2.60. The summed E-state index contributed by atoms with van der Waals surface area (Å²) < 4.78 is 20.2. The van der Waals surface area contributed by atoms with E-state index >= 15 is 0 Å². The molecule has 0 saturated heterocycles. The average molecular weight is 412 g/mol. The number of unbranched alkanes of at least 4 members (excludes halogenated alkanes) is 11. The van der Waals surface area contributed by atoms with Gasteiger partial charge in [-0.15, -0.1) is 0 Å². The van der Waals surface area contributed by atoms with Crippen molar-refractivity contribution in [2.75, 3.05) is 32.9 Å². The van der Waals surface area contributed by atoms with E-state index in [4.69, 9.17) is 14.5 Å². The number of hydrogen-bond acceptors (Lipinski definition) is 5. The SMILES string of the molecule is CCCCCCCCCCCCCCOCC(O)CNCCOP(=O)(O)O. The van der Waals surface area contributed by atoms with Gasteiger partial charge in [0.2, 0.25) is 0 Å². The normalized spacial score (nSPS) is 13.2. The topological polar surface area (TPSA) is 108 Å². The maximum absolute atomic E-state index is 10.5. The van der Waals surface area contributed by atoms with Crippen LogP contribution in [0.2, 0.25) is 0 Å². The van der Waals surface area contributed by atoms with E-state index < -0.39 is 13.9 Å². The molecule has 1 atom stereocenters. The van der Waals surface area contributed by atoms with E-state index in [-0.39, 0.29) is 19.8 Å². The third-order valence-corrected chi connectivity index (χ3v) is 4.89. The Morgan fingerprint density at radius 1 is 0.852 bits per heavy atom. The lowest BCUT2D eigenvalue weighted by molar-refractivity contribution is 0.0350. The number of aliphatic hydroxyl groups excluding tert-OH is 1. The molecule has 0 rings (SSSR count). The molecular formula is C19H42NO6P. The minimum atomic E-state index is -4.40. The lowest BCUT2D eigenvalue weighted by Gasteiger charge is -2.12. The third-order valence-electron chi connectivity index (χ3n) is 4.37. The Hall–Kier alpha value is -0.0100. The van der Waals surface area contributed by atoms with Crippen LogP contribution >= 0.6 is 7.82 Å². The molecule has 0 aromatic heterocycles. The van der Waals surface area contributed by atoms with Crippen molar-refractivity contribution in [3.05, 3.63) is 0 Å². The highest BCUT2D eigenvalue weighted by Gasteiger charge is 2.12. The molecule has 164 valence electrons. The van der Waals surface area contributed by atoms with Gasteiger partial charge in [0.15, 0.2) is 0 Å². The van der Waals surface area contributed by atoms with Gasteiger partial charge in [-0.05, 0) is 6.42 Å². The second-order valence-electron chi connectivity index (χ2n) is 7.15. The zero-order chi connectivity index (χ0) is 20.2. The first-order valence-electron chi connectivity index (χ1n) is 10.6. The second-order valence-corrected chi connectivity index (χ2v) is 8.39. The first kappa shape index (κ1) is 27.0. The van der Waals surface area contributed by atoms with Gasteiger partial charge in [-0.1, -0.05) is 77.6 Å². The van der Waals surface area contributed by atoms with Crippen molar-refractivity contribution in [2.24, 2.45) is 0 Å². The number of phosphoric acid groups is 1. The minimum absolute atomic E-state index is 0.100. The van der Waals surface area contributed by atoms with Gasteiger partial charge >= 0.3 is 7.82 Å². The van der Waals surface area contributed by atoms with Gasteiger partial charge in [-0.2, -0.15) is 0 Å². The summed E-state index contributed by atoms with van der Waals surface area (Å²) in [5, 5.41) is 12.6. The Kier molecular flexibility index (Phi) is 19.3.